The molecule has 3 aromatic rings. The van der Waals surface area contributed by atoms with E-state index >= 15 is 0 Å². The smallest absolute Gasteiger partial charge is 0.141 e. The molecule has 1 saturated carbocycles. The van der Waals surface area contributed by atoms with Gasteiger partial charge in [-0.25, -0.2) is 9.97 Å². The molecule has 0 spiro atoms. The zero-order valence-corrected chi connectivity index (χ0v) is 13.4. The van der Waals surface area contributed by atoms with Gasteiger partial charge in [-0.05, 0) is 24.8 Å². The fourth-order valence-electron chi connectivity index (χ4n) is 3.66. The molecule has 25 heavy (non-hydrogen) atoms. The fraction of sp³-hybridized carbons (Fsp3) is 0.412. The lowest BCUT2D eigenvalue weighted by atomic mass is 9.95. The summed E-state index contributed by atoms with van der Waals surface area (Å²) in [5, 5.41) is 34.2. The van der Waals surface area contributed by atoms with Crippen molar-refractivity contribution in [3.63, 3.8) is 0 Å². The Bertz CT molecular complexity index is 917. The van der Waals surface area contributed by atoms with E-state index in [2.05, 4.69) is 26.1 Å². The number of H-pyrrole nitrogens is 1. The number of nitrogens with zero attached hydrogens (tertiary/aromatic N) is 5. The van der Waals surface area contributed by atoms with Crippen LogP contribution in [0.15, 0.2) is 31.0 Å². The number of aromatic amines is 1. The highest BCUT2D eigenvalue weighted by molar-refractivity contribution is 5.89. The molecule has 128 valence electrons. The van der Waals surface area contributed by atoms with Gasteiger partial charge < -0.3 is 15.2 Å². The number of aliphatic hydroxyl groups excluding tert-OH is 2. The molecule has 0 aliphatic heterocycles. The average molecular weight is 338 g/mol. The summed E-state index contributed by atoms with van der Waals surface area (Å²) in [6.45, 7) is 0. The molecule has 0 radical (unpaired) electrons. The van der Waals surface area contributed by atoms with Crippen molar-refractivity contribution in [1.29, 1.82) is 5.26 Å². The van der Waals surface area contributed by atoms with E-state index < -0.39 is 12.2 Å². The summed E-state index contributed by atoms with van der Waals surface area (Å²) in [5.74, 6) is 0.00933. The Kier molecular flexibility index (Phi) is 3.95. The Morgan fingerprint density at radius 2 is 2.12 bits per heavy atom. The molecule has 0 saturated heterocycles. The lowest BCUT2D eigenvalue weighted by Gasteiger charge is -2.21. The van der Waals surface area contributed by atoms with Crippen LogP contribution in [0, 0.1) is 17.2 Å². The van der Waals surface area contributed by atoms with E-state index in [1.807, 2.05) is 18.5 Å². The summed E-state index contributed by atoms with van der Waals surface area (Å²) in [5.41, 5.74) is 2.38. The second-order valence-electron chi connectivity index (χ2n) is 6.47. The van der Waals surface area contributed by atoms with Gasteiger partial charge in [0.25, 0.3) is 0 Å². The van der Waals surface area contributed by atoms with Gasteiger partial charge in [-0.3, -0.25) is 4.68 Å². The largest absolute Gasteiger partial charge is 0.390 e. The van der Waals surface area contributed by atoms with Crippen LogP contribution in [0.2, 0.25) is 0 Å². The van der Waals surface area contributed by atoms with E-state index in [1.54, 1.807) is 10.9 Å². The minimum Gasteiger partial charge on any atom is -0.390 e. The van der Waals surface area contributed by atoms with E-state index in [9.17, 15) is 15.5 Å². The second kappa shape index (κ2) is 6.27. The van der Waals surface area contributed by atoms with E-state index in [-0.39, 0.29) is 18.4 Å². The molecule has 8 heteroatoms. The number of hydrogen-bond donors (Lipinski definition) is 3. The third kappa shape index (κ3) is 2.77. The number of aliphatic hydroxyl groups is 2. The molecule has 3 aromatic heterocycles. The van der Waals surface area contributed by atoms with Gasteiger partial charge >= 0.3 is 0 Å². The molecule has 3 heterocycles. The molecule has 0 aromatic carbocycles. The van der Waals surface area contributed by atoms with E-state index in [0.29, 0.717) is 12.8 Å². The number of nitrogens with one attached hydrogen (secondary N) is 1. The Morgan fingerprint density at radius 1 is 1.32 bits per heavy atom. The zero-order valence-electron chi connectivity index (χ0n) is 13.4. The van der Waals surface area contributed by atoms with Crippen molar-refractivity contribution in [2.75, 3.05) is 0 Å². The van der Waals surface area contributed by atoms with Crippen molar-refractivity contribution in [3.8, 4) is 17.3 Å². The highest BCUT2D eigenvalue weighted by Gasteiger charge is 2.37. The minimum absolute atomic E-state index is 0.00933. The van der Waals surface area contributed by atoms with Crippen LogP contribution in [-0.2, 0) is 0 Å². The van der Waals surface area contributed by atoms with Crippen molar-refractivity contribution in [2.45, 2.75) is 37.5 Å². The lowest BCUT2D eigenvalue weighted by molar-refractivity contribution is 0.0438. The maximum atomic E-state index is 9.83. The highest BCUT2D eigenvalue weighted by atomic mass is 16.3. The first-order chi connectivity index (χ1) is 12.2. The zero-order chi connectivity index (χ0) is 17.4. The summed E-state index contributed by atoms with van der Waals surface area (Å²) in [6, 6.07) is 3.92. The minimum atomic E-state index is -0.734. The van der Waals surface area contributed by atoms with Gasteiger partial charge in [0.15, 0.2) is 0 Å². The van der Waals surface area contributed by atoms with Crippen LogP contribution in [0.25, 0.3) is 22.3 Å². The third-order valence-corrected chi connectivity index (χ3v) is 4.95. The summed E-state index contributed by atoms with van der Waals surface area (Å²) in [7, 11) is 0. The van der Waals surface area contributed by atoms with Crippen LogP contribution >= 0.6 is 0 Å². The first-order valence-electron chi connectivity index (χ1n) is 8.23. The fourth-order valence-corrected chi connectivity index (χ4v) is 3.66. The topological polar surface area (TPSA) is 124 Å². The molecule has 3 N–H and O–H groups in total. The molecule has 1 aliphatic rings. The summed E-state index contributed by atoms with van der Waals surface area (Å²) < 4.78 is 1.76. The van der Waals surface area contributed by atoms with Crippen LogP contribution < -0.4 is 0 Å². The maximum Gasteiger partial charge on any atom is 0.141 e. The van der Waals surface area contributed by atoms with Crippen LogP contribution in [0.1, 0.15) is 25.3 Å². The van der Waals surface area contributed by atoms with Gasteiger partial charge in [-0.1, -0.05) is 0 Å². The molecule has 1 fully saturated rings. The molecule has 8 nitrogen and oxygen atoms in total. The second-order valence-corrected chi connectivity index (χ2v) is 6.47. The van der Waals surface area contributed by atoms with Gasteiger partial charge in [0.1, 0.15) is 12.0 Å². The van der Waals surface area contributed by atoms with E-state index in [0.717, 1.165) is 22.3 Å². The molecule has 1 unspecified atom stereocenters. The monoisotopic (exact) mass is 338 g/mol. The van der Waals surface area contributed by atoms with E-state index in [1.165, 1.54) is 6.33 Å². The maximum absolute atomic E-state index is 9.83. The SMILES string of the molecule is N#CCC(C1C[C@@H](O)[C@H](O)C1)n1cc(-c2ncnc3[nH]ccc23)cn1. The lowest BCUT2D eigenvalue weighted by Crippen LogP contribution is -2.18. The number of nitriles is 1. The van der Waals surface area contributed by atoms with Gasteiger partial charge in [0.05, 0.1) is 42.6 Å². The van der Waals surface area contributed by atoms with Crippen molar-refractivity contribution >= 4 is 11.0 Å². The molecular formula is C17H18N6O2. The predicted molar refractivity (Wildman–Crippen MR) is 89.1 cm³/mol. The molecule has 1 aliphatic carbocycles. The van der Waals surface area contributed by atoms with Gasteiger partial charge in [-0.15, -0.1) is 0 Å². The quantitative estimate of drug-likeness (QED) is 0.661. The first kappa shape index (κ1) is 15.7. The average Bonchev–Trinajstić information content (AvgIpc) is 3.33. The third-order valence-electron chi connectivity index (χ3n) is 4.95. The van der Waals surface area contributed by atoms with Crippen LogP contribution in [0.4, 0.5) is 0 Å². The normalized spacial score (nSPS) is 22.3. The van der Waals surface area contributed by atoms with Crippen LogP contribution in [0.5, 0.6) is 0 Å². The molecule has 0 amide bonds. The Balaban J connectivity index is 1.67. The van der Waals surface area contributed by atoms with E-state index in [4.69, 9.17) is 0 Å². The van der Waals surface area contributed by atoms with Gasteiger partial charge in [-0.2, -0.15) is 10.4 Å². The number of fused-ring (bicyclic) bond motifs is 1. The van der Waals surface area contributed by atoms with Crippen LogP contribution in [-0.4, -0.2) is 47.2 Å². The molecular weight excluding hydrogens is 320 g/mol. The Hall–Kier alpha value is -2.76. The predicted octanol–water partition coefficient (Wildman–Crippen LogP) is 1.41. The number of rotatable bonds is 4. The van der Waals surface area contributed by atoms with Gasteiger partial charge in [0.2, 0.25) is 0 Å². The van der Waals surface area contributed by atoms with Crippen molar-refractivity contribution in [1.82, 2.24) is 24.7 Å². The highest BCUT2D eigenvalue weighted by Crippen LogP contribution is 2.37. The Labute approximate surface area is 143 Å². The van der Waals surface area contributed by atoms with Crippen LogP contribution in [0.3, 0.4) is 0 Å². The standard InChI is InChI=1S/C17H18N6O2/c18-3-1-13(10-5-14(24)15(25)6-10)23-8-11(7-22-23)16-12-2-4-19-17(12)21-9-20-16/h2,4,7-10,13-15,24-25H,1,5-6H2,(H,19,20,21)/t13?,14-,15-/m1/s1. The molecule has 0 bridgehead atoms. The first-order valence-corrected chi connectivity index (χ1v) is 8.23. The summed E-state index contributed by atoms with van der Waals surface area (Å²) in [4.78, 5) is 11.6. The van der Waals surface area contributed by atoms with Crippen molar-refractivity contribution < 1.29 is 10.2 Å². The Morgan fingerprint density at radius 3 is 2.88 bits per heavy atom. The summed E-state index contributed by atoms with van der Waals surface area (Å²) >= 11 is 0. The molecule has 3 atom stereocenters. The molecule has 4 rings (SSSR count). The summed E-state index contributed by atoms with van der Waals surface area (Å²) in [6.07, 6.45) is 6.65. The number of hydrogen-bond acceptors (Lipinski definition) is 6. The number of aromatic nitrogens is 5. The van der Waals surface area contributed by atoms with Gasteiger partial charge in [0, 0.05) is 23.3 Å². The van der Waals surface area contributed by atoms with Crippen molar-refractivity contribution in [3.05, 3.63) is 31.0 Å². The van der Waals surface area contributed by atoms with Crippen molar-refractivity contribution in [2.24, 2.45) is 5.92 Å².